The summed E-state index contributed by atoms with van der Waals surface area (Å²) in [5.74, 6) is 2.55. The molecule has 0 bridgehead atoms. The van der Waals surface area contributed by atoms with Gasteiger partial charge in [0.25, 0.3) is 0 Å². The zero-order valence-corrected chi connectivity index (χ0v) is 9.15. The van der Waals surface area contributed by atoms with Gasteiger partial charge in [0.2, 0.25) is 0 Å². The molecule has 0 aromatic heterocycles. The first-order valence-corrected chi connectivity index (χ1v) is 4.51. The average Bonchev–Trinajstić information content (AvgIpc) is 2.14. The zero-order valence-electron chi connectivity index (χ0n) is 8.26. The molecule has 0 saturated heterocycles. The minimum atomic E-state index is 0.782. The van der Waals surface area contributed by atoms with Crippen LogP contribution < -0.4 is 5.32 Å². The molecule has 0 rings (SSSR count). The zero-order chi connectivity index (χ0) is 10.3. The third-order valence-electron chi connectivity index (χ3n) is 1.73. The van der Waals surface area contributed by atoms with Crippen LogP contribution >= 0.6 is 12.6 Å². The first-order chi connectivity index (χ1) is 6.15. The molecule has 0 radical (unpaired) electrons. The summed E-state index contributed by atoms with van der Waals surface area (Å²) in [6.45, 7) is 4.03. The predicted molar refractivity (Wildman–Crippen MR) is 62.5 cm³/mol. The quantitative estimate of drug-likeness (QED) is 0.399. The Bertz CT molecular complexity index is 290. The summed E-state index contributed by atoms with van der Waals surface area (Å²) in [4.78, 5) is 0. The lowest BCUT2D eigenvalue weighted by atomic mass is 10.1. The minimum absolute atomic E-state index is 0.782. The Morgan fingerprint density at radius 3 is 2.38 bits per heavy atom. The lowest BCUT2D eigenvalue weighted by Gasteiger charge is -2.00. The molecule has 0 fully saturated rings. The molecule has 0 aliphatic rings. The standard InChI is InChI=1S/C11H15NS/c1-5-11(12-4)8-10(3)9(2)6-7-13/h1,6-8,12-13H,2-4H3/b7-6-,10-9+,11-8-. The van der Waals surface area contributed by atoms with Crippen LogP contribution in [0.3, 0.4) is 0 Å². The molecule has 2 heteroatoms. The van der Waals surface area contributed by atoms with E-state index < -0.39 is 0 Å². The summed E-state index contributed by atoms with van der Waals surface area (Å²) in [5, 5.41) is 4.64. The fraction of sp³-hybridized carbons (Fsp3) is 0.273. The highest BCUT2D eigenvalue weighted by atomic mass is 32.1. The fourth-order valence-corrected chi connectivity index (χ4v) is 0.983. The maximum absolute atomic E-state index is 5.27. The van der Waals surface area contributed by atoms with Crippen LogP contribution in [0.5, 0.6) is 0 Å². The van der Waals surface area contributed by atoms with Crippen LogP contribution in [0.2, 0.25) is 0 Å². The van der Waals surface area contributed by atoms with Crippen molar-refractivity contribution in [3.63, 3.8) is 0 Å². The monoisotopic (exact) mass is 193 g/mol. The third kappa shape index (κ3) is 4.49. The number of hydrogen-bond donors (Lipinski definition) is 2. The highest BCUT2D eigenvalue weighted by Gasteiger charge is 1.91. The van der Waals surface area contributed by atoms with Gasteiger partial charge in [0.15, 0.2) is 0 Å². The largest absolute Gasteiger partial charge is 0.381 e. The van der Waals surface area contributed by atoms with Crippen molar-refractivity contribution in [2.45, 2.75) is 13.8 Å². The molecule has 1 nitrogen and oxygen atoms in total. The second-order valence-corrected chi connectivity index (χ2v) is 2.93. The van der Waals surface area contributed by atoms with E-state index in [1.54, 1.807) is 5.41 Å². The molecule has 0 unspecified atom stereocenters. The molecular weight excluding hydrogens is 178 g/mol. The van der Waals surface area contributed by atoms with Gasteiger partial charge in [-0.25, -0.2) is 0 Å². The molecule has 0 aliphatic heterocycles. The summed E-state index contributed by atoms with van der Waals surface area (Å²) in [5.41, 5.74) is 3.06. The second-order valence-electron chi connectivity index (χ2n) is 2.63. The first kappa shape index (κ1) is 11.9. The van der Waals surface area contributed by atoms with Gasteiger partial charge in [-0.1, -0.05) is 12.0 Å². The van der Waals surface area contributed by atoms with Gasteiger partial charge in [-0.15, -0.1) is 6.42 Å². The Morgan fingerprint density at radius 2 is 2.00 bits per heavy atom. The number of terminal acetylenes is 1. The maximum atomic E-state index is 5.27. The van der Waals surface area contributed by atoms with E-state index in [2.05, 4.69) is 23.9 Å². The van der Waals surface area contributed by atoms with Gasteiger partial charge in [0.05, 0.1) is 5.70 Å². The van der Waals surface area contributed by atoms with Crippen molar-refractivity contribution >= 4 is 12.6 Å². The van der Waals surface area contributed by atoms with E-state index in [0.717, 1.165) is 16.8 Å². The summed E-state index contributed by atoms with van der Waals surface area (Å²) in [6, 6.07) is 0. The molecule has 1 N–H and O–H groups in total. The van der Waals surface area contributed by atoms with Crippen LogP contribution in [0, 0.1) is 12.3 Å². The highest BCUT2D eigenvalue weighted by Crippen LogP contribution is 2.08. The smallest absolute Gasteiger partial charge is 0.0850 e. The average molecular weight is 193 g/mol. The minimum Gasteiger partial charge on any atom is -0.381 e. The summed E-state index contributed by atoms with van der Waals surface area (Å²) in [7, 11) is 1.81. The van der Waals surface area contributed by atoms with Crippen LogP contribution in [0.25, 0.3) is 0 Å². The predicted octanol–water partition coefficient (Wildman–Crippen LogP) is 2.50. The lowest BCUT2D eigenvalue weighted by molar-refractivity contribution is 1.04. The first-order valence-electron chi connectivity index (χ1n) is 4.00. The molecule has 0 amide bonds. The fourth-order valence-electron chi connectivity index (χ4n) is 0.760. The molecule has 0 heterocycles. The van der Waals surface area contributed by atoms with E-state index in [-0.39, 0.29) is 0 Å². The van der Waals surface area contributed by atoms with Gasteiger partial charge >= 0.3 is 0 Å². The number of nitrogens with one attached hydrogen (secondary N) is 1. The molecule has 0 spiro atoms. The molecule has 70 valence electrons. The van der Waals surface area contributed by atoms with Gasteiger partial charge in [0.1, 0.15) is 0 Å². The van der Waals surface area contributed by atoms with Crippen LogP contribution in [0.4, 0.5) is 0 Å². The second kappa shape index (κ2) is 6.45. The number of allylic oxidation sites excluding steroid dienone is 5. The van der Waals surface area contributed by atoms with Gasteiger partial charge in [0, 0.05) is 7.05 Å². The Balaban J connectivity index is 4.80. The Kier molecular flexibility index (Phi) is 5.92. The van der Waals surface area contributed by atoms with E-state index in [1.807, 2.05) is 33.0 Å². The lowest BCUT2D eigenvalue weighted by Crippen LogP contribution is -2.03. The van der Waals surface area contributed by atoms with Crippen LogP contribution in [-0.4, -0.2) is 7.05 Å². The molecule has 0 aliphatic carbocycles. The molecule has 0 aromatic rings. The molecule has 13 heavy (non-hydrogen) atoms. The van der Waals surface area contributed by atoms with Crippen molar-refractivity contribution in [2.75, 3.05) is 7.05 Å². The summed E-state index contributed by atoms with van der Waals surface area (Å²) >= 11 is 4.00. The SMILES string of the molecule is C#C/C(=C/C(C)=C(C)/C=C\S)NC. The third-order valence-corrected chi connectivity index (χ3v) is 1.88. The van der Waals surface area contributed by atoms with Gasteiger partial charge in [-0.2, -0.15) is 12.6 Å². The summed E-state index contributed by atoms with van der Waals surface area (Å²) in [6.07, 6.45) is 9.13. The van der Waals surface area contributed by atoms with Crippen molar-refractivity contribution in [3.8, 4) is 12.3 Å². The van der Waals surface area contributed by atoms with E-state index >= 15 is 0 Å². The Morgan fingerprint density at radius 1 is 1.38 bits per heavy atom. The van der Waals surface area contributed by atoms with Gasteiger partial charge in [-0.05, 0) is 36.5 Å². The number of hydrogen-bond acceptors (Lipinski definition) is 2. The van der Waals surface area contributed by atoms with E-state index in [9.17, 15) is 0 Å². The van der Waals surface area contributed by atoms with Gasteiger partial charge in [-0.3, -0.25) is 0 Å². The number of rotatable bonds is 3. The van der Waals surface area contributed by atoms with Gasteiger partial charge < -0.3 is 5.32 Å². The van der Waals surface area contributed by atoms with Crippen molar-refractivity contribution in [3.05, 3.63) is 34.4 Å². The Labute approximate surface area is 86.0 Å². The molecule has 0 aromatic carbocycles. The van der Waals surface area contributed by atoms with Crippen LogP contribution in [-0.2, 0) is 0 Å². The van der Waals surface area contributed by atoms with E-state index in [4.69, 9.17) is 6.42 Å². The summed E-state index contributed by atoms with van der Waals surface area (Å²) < 4.78 is 0. The Hall–Kier alpha value is -1.07. The van der Waals surface area contributed by atoms with Crippen LogP contribution in [0.15, 0.2) is 34.4 Å². The molecule has 0 atom stereocenters. The van der Waals surface area contributed by atoms with E-state index in [1.165, 1.54) is 0 Å². The topological polar surface area (TPSA) is 12.0 Å². The van der Waals surface area contributed by atoms with Crippen molar-refractivity contribution in [2.24, 2.45) is 0 Å². The van der Waals surface area contributed by atoms with Crippen LogP contribution in [0.1, 0.15) is 13.8 Å². The highest BCUT2D eigenvalue weighted by molar-refractivity contribution is 7.83. The molecule has 0 saturated carbocycles. The normalized spacial score (nSPS) is 13.9. The van der Waals surface area contributed by atoms with E-state index in [0.29, 0.717) is 0 Å². The van der Waals surface area contributed by atoms with Crippen molar-refractivity contribution < 1.29 is 0 Å². The van der Waals surface area contributed by atoms with Crippen molar-refractivity contribution in [1.29, 1.82) is 0 Å². The maximum Gasteiger partial charge on any atom is 0.0850 e. The number of thiol groups is 1. The molecular formula is C11H15NS. The van der Waals surface area contributed by atoms with Crippen molar-refractivity contribution in [1.82, 2.24) is 5.32 Å².